The maximum Gasteiger partial charge on any atom is 0.161 e. The third kappa shape index (κ3) is 2.50. The summed E-state index contributed by atoms with van der Waals surface area (Å²) in [5.41, 5.74) is 8.93. The Bertz CT molecular complexity index is 564. The van der Waals surface area contributed by atoms with E-state index in [0.29, 0.717) is 17.3 Å². The van der Waals surface area contributed by atoms with Crippen molar-refractivity contribution < 1.29 is 9.47 Å². The second-order valence-electron chi connectivity index (χ2n) is 4.28. The minimum atomic E-state index is 0.510. The zero-order chi connectivity index (χ0) is 13.8. The van der Waals surface area contributed by atoms with Gasteiger partial charge in [0.05, 0.1) is 14.2 Å². The summed E-state index contributed by atoms with van der Waals surface area (Å²) in [5.74, 6) is 1.89. The molecule has 0 aliphatic heterocycles. The highest BCUT2D eigenvalue weighted by molar-refractivity contribution is 5.78. The zero-order valence-electron chi connectivity index (χ0n) is 11.5. The van der Waals surface area contributed by atoms with E-state index in [-0.39, 0.29) is 0 Å². The van der Waals surface area contributed by atoms with Crippen LogP contribution < -0.4 is 15.2 Å². The van der Waals surface area contributed by atoms with Crippen LogP contribution in [0.25, 0.3) is 11.1 Å². The van der Waals surface area contributed by atoms with Crippen LogP contribution in [-0.2, 0) is 6.42 Å². The molecule has 5 heteroatoms. The first kappa shape index (κ1) is 13.3. The van der Waals surface area contributed by atoms with Gasteiger partial charge >= 0.3 is 0 Å². The first-order valence-electron chi connectivity index (χ1n) is 6.26. The number of benzene rings is 1. The van der Waals surface area contributed by atoms with Crippen molar-refractivity contribution in [2.45, 2.75) is 19.8 Å². The number of nitrogens with two attached hydrogens (primary N) is 1. The van der Waals surface area contributed by atoms with Crippen molar-refractivity contribution in [1.82, 2.24) is 10.2 Å². The van der Waals surface area contributed by atoms with E-state index in [4.69, 9.17) is 15.2 Å². The standard InChI is InChI=1S/C14H19N3O2/c1-4-5-10-13(14(15)17-16-10)9-6-7-11(18-2)12(8-9)19-3/h6-8H,4-5H2,1-3H3,(H3,15,16,17). The van der Waals surface area contributed by atoms with Crippen LogP contribution in [0.3, 0.4) is 0 Å². The highest BCUT2D eigenvalue weighted by Crippen LogP contribution is 2.35. The second kappa shape index (κ2) is 5.65. The lowest BCUT2D eigenvalue weighted by Gasteiger charge is -2.10. The number of nitrogen functional groups attached to an aromatic ring is 1. The van der Waals surface area contributed by atoms with E-state index in [1.165, 1.54) is 0 Å². The van der Waals surface area contributed by atoms with Crippen LogP contribution in [0.1, 0.15) is 19.0 Å². The molecule has 0 unspecified atom stereocenters. The number of nitrogens with one attached hydrogen (secondary N) is 1. The van der Waals surface area contributed by atoms with Crippen molar-refractivity contribution in [3.8, 4) is 22.6 Å². The van der Waals surface area contributed by atoms with Gasteiger partial charge in [-0.2, -0.15) is 5.10 Å². The summed E-state index contributed by atoms with van der Waals surface area (Å²) in [6, 6.07) is 5.75. The number of aryl methyl sites for hydroxylation is 1. The minimum absolute atomic E-state index is 0.510. The molecule has 102 valence electrons. The maximum absolute atomic E-state index is 5.95. The molecule has 0 atom stereocenters. The quantitative estimate of drug-likeness (QED) is 0.867. The van der Waals surface area contributed by atoms with Gasteiger partial charge in [0, 0.05) is 11.3 Å². The number of anilines is 1. The van der Waals surface area contributed by atoms with Crippen molar-refractivity contribution in [2.24, 2.45) is 0 Å². The zero-order valence-corrected chi connectivity index (χ0v) is 11.5. The average molecular weight is 261 g/mol. The molecule has 0 spiro atoms. The fourth-order valence-electron chi connectivity index (χ4n) is 2.14. The number of hydrogen-bond donors (Lipinski definition) is 2. The third-order valence-electron chi connectivity index (χ3n) is 3.04. The normalized spacial score (nSPS) is 10.5. The fourth-order valence-corrected chi connectivity index (χ4v) is 2.14. The molecule has 1 heterocycles. The monoisotopic (exact) mass is 261 g/mol. The van der Waals surface area contributed by atoms with Gasteiger partial charge < -0.3 is 15.2 Å². The molecule has 2 aromatic rings. The molecule has 0 aliphatic rings. The Morgan fingerprint density at radius 1 is 1.21 bits per heavy atom. The van der Waals surface area contributed by atoms with Gasteiger partial charge in [-0.3, -0.25) is 5.10 Å². The van der Waals surface area contributed by atoms with E-state index in [2.05, 4.69) is 17.1 Å². The van der Waals surface area contributed by atoms with E-state index >= 15 is 0 Å². The lowest BCUT2D eigenvalue weighted by Crippen LogP contribution is -1.94. The molecule has 0 amide bonds. The maximum atomic E-state index is 5.95. The molecule has 0 radical (unpaired) electrons. The van der Waals surface area contributed by atoms with Crippen molar-refractivity contribution in [1.29, 1.82) is 0 Å². The molecule has 1 aromatic heterocycles. The Balaban J connectivity index is 2.49. The molecular weight excluding hydrogens is 242 g/mol. The molecule has 0 fully saturated rings. The summed E-state index contributed by atoms with van der Waals surface area (Å²) in [4.78, 5) is 0. The molecule has 2 rings (SSSR count). The predicted molar refractivity (Wildman–Crippen MR) is 75.5 cm³/mol. The van der Waals surface area contributed by atoms with Crippen LogP contribution in [0.4, 0.5) is 5.82 Å². The molecule has 0 aliphatic carbocycles. The van der Waals surface area contributed by atoms with Crippen molar-refractivity contribution in [3.63, 3.8) is 0 Å². The van der Waals surface area contributed by atoms with Gasteiger partial charge in [0.2, 0.25) is 0 Å². The summed E-state index contributed by atoms with van der Waals surface area (Å²) >= 11 is 0. The Morgan fingerprint density at radius 2 is 1.95 bits per heavy atom. The second-order valence-corrected chi connectivity index (χ2v) is 4.28. The van der Waals surface area contributed by atoms with E-state index in [1.807, 2.05) is 18.2 Å². The highest BCUT2D eigenvalue weighted by atomic mass is 16.5. The number of methoxy groups -OCH3 is 2. The van der Waals surface area contributed by atoms with E-state index in [1.54, 1.807) is 14.2 Å². The van der Waals surface area contributed by atoms with Crippen LogP contribution in [0.2, 0.25) is 0 Å². The smallest absolute Gasteiger partial charge is 0.161 e. The van der Waals surface area contributed by atoms with Gasteiger partial charge in [-0.15, -0.1) is 0 Å². The van der Waals surface area contributed by atoms with Gasteiger partial charge in [0.1, 0.15) is 0 Å². The summed E-state index contributed by atoms with van der Waals surface area (Å²) in [7, 11) is 3.24. The highest BCUT2D eigenvalue weighted by Gasteiger charge is 2.14. The lowest BCUT2D eigenvalue weighted by molar-refractivity contribution is 0.355. The number of rotatable bonds is 5. The lowest BCUT2D eigenvalue weighted by atomic mass is 10.0. The molecule has 3 N–H and O–H groups in total. The SMILES string of the molecule is CCCc1[nH]nc(N)c1-c1ccc(OC)c(OC)c1. The number of aromatic nitrogens is 2. The number of aromatic amines is 1. The van der Waals surface area contributed by atoms with Crippen LogP contribution in [0, 0.1) is 0 Å². The number of nitrogens with zero attached hydrogens (tertiary/aromatic N) is 1. The van der Waals surface area contributed by atoms with Crippen LogP contribution in [0.15, 0.2) is 18.2 Å². The summed E-state index contributed by atoms with van der Waals surface area (Å²) < 4.78 is 10.6. The number of ether oxygens (including phenoxy) is 2. The van der Waals surface area contributed by atoms with E-state index in [0.717, 1.165) is 29.7 Å². The largest absolute Gasteiger partial charge is 0.493 e. The summed E-state index contributed by atoms with van der Waals surface area (Å²) in [6.45, 7) is 2.12. The summed E-state index contributed by atoms with van der Waals surface area (Å²) in [5, 5.41) is 7.08. The van der Waals surface area contributed by atoms with E-state index < -0.39 is 0 Å². The van der Waals surface area contributed by atoms with Crippen molar-refractivity contribution >= 4 is 5.82 Å². The average Bonchev–Trinajstić information content (AvgIpc) is 2.79. The Hall–Kier alpha value is -2.17. The van der Waals surface area contributed by atoms with Crippen molar-refractivity contribution in [3.05, 3.63) is 23.9 Å². The van der Waals surface area contributed by atoms with Gasteiger partial charge in [0.25, 0.3) is 0 Å². The summed E-state index contributed by atoms with van der Waals surface area (Å²) in [6.07, 6.45) is 1.94. The topological polar surface area (TPSA) is 73.2 Å². The Morgan fingerprint density at radius 3 is 2.58 bits per heavy atom. The van der Waals surface area contributed by atoms with Gasteiger partial charge in [0.15, 0.2) is 17.3 Å². The van der Waals surface area contributed by atoms with Crippen LogP contribution in [-0.4, -0.2) is 24.4 Å². The molecule has 5 nitrogen and oxygen atoms in total. The fraction of sp³-hybridized carbons (Fsp3) is 0.357. The molecule has 19 heavy (non-hydrogen) atoms. The molecule has 1 aromatic carbocycles. The Kier molecular flexibility index (Phi) is 3.94. The van der Waals surface area contributed by atoms with Gasteiger partial charge in [-0.25, -0.2) is 0 Å². The van der Waals surface area contributed by atoms with Gasteiger partial charge in [-0.1, -0.05) is 19.4 Å². The molecular formula is C14H19N3O2. The third-order valence-corrected chi connectivity index (χ3v) is 3.04. The molecule has 0 saturated carbocycles. The molecule has 0 bridgehead atoms. The predicted octanol–water partition coefficient (Wildman–Crippen LogP) is 2.63. The van der Waals surface area contributed by atoms with Crippen LogP contribution >= 0.6 is 0 Å². The van der Waals surface area contributed by atoms with E-state index in [9.17, 15) is 0 Å². The van der Waals surface area contributed by atoms with Gasteiger partial charge in [-0.05, 0) is 24.1 Å². The minimum Gasteiger partial charge on any atom is -0.493 e. The number of H-pyrrole nitrogens is 1. The Labute approximate surface area is 112 Å². The first-order valence-corrected chi connectivity index (χ1v) is 6.26. The molecule has 0 saturated heterocycles. The first-order chi connectivity index (χ1) is 9.21. The van der Waals surface area contributed by atoms with Crippen molar-refractivity contribution in [2.75, 3.05) is 20.0 Å². The number of hydrogen-bond acceptors (Lipinski definition) is 4. The van der Waals surface area contributed by atoms with Crippen LogP contribution in [0.5, 0.6) is 11.5 Å².